The van der Waals surface area contributed by atoms with Gasteiger partial charge < -0.3 is 30.3 Å². The Labute approximate surface area is 308 Å². The molecule has 4 amide bonds. The molecule has 1 heterocycles. The molecule has 0 bridgehead atoms. The van der Waals surface area contributed by atoms with Crippen molar-refractivity contribution >= 4 is 35.6 Å². The predicted molar refractivity (Wildman–Crippen MR) is 196 cm³/mol. The molecular formula is C40H58N4O8. The number of Topliss-reactive ketones (excluding diaryl/α,β-unsaturated/α-hetero) is 1. The number of ketones is 1. The molecule has 12 heteroatoms. The molecular weight excluding hydrogens is 664 g/mol. The summed E-state index contributed by atoms with van der Waals surface area (Å²) in [5.74, 6) is -3.75. The number of carbonyl (C=O) groups excluding carboxylic acids is 6. The number of carbonyl (C=O) groups is 6. The number of piperidine rings is 1. The number of allylic oxidation sites excluding steroid dienone is 1. The van der Waals surface area contributed by atoms with Crippen molar-refractivity contribution in [1.82, 2.24) is 20.9 Å². The number of nitrogens with one attached hydrogen (secondary N) is 3. The maximum atomic E-state index is 14.4. The van der Waals surface area contributed by atoms with Crippen LogP contribution in [0.2, 0.25) is 0 Å². The molecule has 1 aromatic rings. The predicted octanol–water partition coefficient (Wildman–Crippen LogP) is 4.64. The second-order valence-electron chi connectivity index (χ2n) is 16.8. The van der Waals surface area contributed by atoms with Crippen LogP contribution in [0.25, 0.3) is 0 Å². The molecule has 4 rings (SSSR count). The van der Waals surface area contributed by atoms with E-state index in [1.807, 2.05) is 30.3 Å². The first-order chi connectivity index (χ1) is 24.3. The first-order valence-electron chi connectivity index (χ1n) is 18.6. The molecule has 52 heavy (non-hydrogen) atoms. The van der Waals surface area contributed by atoms with Crippen molar-refractivity contribution in [1.29, 1.82) is 0 Å². The summed E-state index contributed by atoms with van der Waals surface area (Å²) in [5, 5.41) is 7.97. The third-order valence-electron chi connectivity index (χ3n) is 10.6. The van der Waals surface area contributed by atoms with Gasteiger partial charge in [-0.1, -0.05) is 69.5 Å². The van der Waals surface area contributed by atoms with Crippen LogP contribution in [0, 0.1) is 23.2 Å². The summed E-state index contributed by atoms with van der Waals surface area (Å²) in [6.07, 6.45) is 6.23. The Kier molecular flexibility index (Phi) is 13.0. The Bertz CT molecular complexity index is 1490. The van der Waals surface area contributed by atoms with E-state index in [9.17, 15) is 28.8 Å². The van der Waals surface area contributed by atoms with E-state index in [-0.39, 0.29) is 35.5 Å². The monoisotopic (exact) mass is 722 g/mol. The number of alkyl carbamates (subject to hydrolysis) is 1. The molecule has 0 aromatic heterocycles. The molecule has 5 atom stereocenters. The van der Waals surface area contributed by atoms with Gasteiger partial charge in [-0.2, -0.15) is 0 Å². The minimum absolute atomic E-state index is 0.0588. The van der Waals surface area contributed by atoms with Crippen molar-refractivity contribution in [2.24, 2.45) is 23.2 Å². The Hall–Kier alpha value is -4.22. The van der Waals surface area contributed by atoms with Gasteiger partial charge in [0.05, 0.1) is 6.04 Å². The number of benzene rings is 1. The summed E-state index contributed by atoms with van der Waals surface area (Å²) >= 11 is 0. The summed E-state index contributed by atoms with van der Waals surface area (Å²) in [4.78, 5) is 82.2. The minimum Gasteiger partial charge on any atom is -0.458 e. The van der Waals surface area contributed by atoms with Crippen LogP contribution in [-0.2, 0) is 39.9 Å². The number of hydrogen-bond donors (Lipinski definition) is 3. The molecule has 0 radical (unpaired) electrons. The summed E-state index contributed by atoms with van der Waals surface area (Å²) in [5.41, 5.74) is -0.854. The largest absolute Gasteiger partial charge is 0.458 e. The summed E-state index contributed by atoms with van der Waals surface area (Å²) in [7, 11) is 0. The first kappa shape index (κ1) is 40.5. The quantitative estimate of drug-likeness (QED) is 0.134. The summed E-state index contributed by atoms with van der Waals surface area (Å²) in [6.45, 7) is 16.4. The maximum Gasteiger partial charge on any atom is 0.408 e. The molecule has 3 fully saturated rings. The van der Waals surface area contributed by atoms with Crippen molar-refractivity contribution in [2.75, 3.05) is 13.1 Å². The lowest BCUT2D eigenvalue weighted by molar-refractivity contribution is -0.156. The molecule has 2 aliphatic carbocycles. The fourth-order valence-corrected chi connectivity index (χ4v) is 7.95. The molecule has 0 spiro atoms. The Balaban J connectivity index is 1.45. The van der Waals surface area contributed by atoms with Crippen LogP contribution in [-0.4, -0.2) is 82.9 Å². The van der Waals surface area contributed by atoms with Gasteiger partial charge in [0.15, 0.2) is 0 Å². The lowest BCUT2D eigenvalue weighted by atomic mass is 9.83. The molecule has 3 aliphatic rings. The Morgan fingerprint density at radius 2 is 1.62 bits per heavy atom. The van der Waals surface area contributed by atoms with E-state index in [0.29, 0.717) is 19.4 Å². The van der Waals surface area contributed by atoms with E-state index in [2.05, 4.69) is 36.4 Å². The zero-order valence-corrected chi connectivity index (χ0v) is 31.9. The second-order valence-corrected chi connectivity index (χ2v) is 16.8. The van der Waals surface area contributed by atoms with E-state index < -0.39 is 65.5 Å². The lowest BCUT2D eigenvalue weighted by Crippen LogP contribution is -2.60. The van der Waals surface area contributed by atoms with Crippen LogP contribution in [0.4, 0.5) is 4.79 Å². The van der Waals surface area contributed by atoms with E-state index in [1.54, 1.807) is 45.6 Å². The number of ether oxygens (including phenoxy) is 2. The third-order valence-corrected chi connectivity index (χ3v) is 10.6. The molecule has 286 valence electrons. The summed E-state index contributed by atoms with van der Waals surface area (Å²) < 4.78 is 11.1. The van der Waals surface area contributed by atoms with Gasteiger partial charge in [0.1, 0.15) is 29.8 Å². The fourth-order valence-electron chi connectivity index (χ4n) is 7.95. The fraction of sp³-hybridized carbons (Fsp3) is 0.650. The molecule has 1 aliphatic heterocycles. The smallest absolute Gasteiger partial charge is 0.408 e. The minimum atomic E-state index is -1.22. The van der Waals surface area contributed by atoms with Crippen molar-refractivity contribution < 1.29 is 38.2 Å². The van der Waals surface area contributed by atoms with Gasteiger partial charge in [-0.25, -0.2) is 4.79 Å². The number of likely N-dealkylation sites (tertiary alicyclic amines) is 1. The SMILES string of the molecule is C=CCCC(NC(=O)[C@@H]1[C@@H]2[C@H](CN1C(=O)[C@@H](NC(=O)OC(C)(C)C)C1CCCCC1)C2(C)C)C(=O)C(=O)NCC(=O)OC(C)(C)Cc1ccccc1. The van der Waals surface area contributed by atoms with E-state index >= 15 is 0 Å². The van der Waals surface area contributed by atoms with Crippen molar-refractivity contribution in [3.8, 4) is 0 Å². The van der Waals surface area contributed by atoms with Crippen molar-refractivity contribution in [2.45, 2.75) is 129 Å². The van der Waals surface area contributed by atoms with Crippen LogP contribution >= 0.6 is 0 Å². The molecule has 2 saturated carbocycles. The standard InChI is InChI=1S/C40H58N4O8/c1-9-10-21-28(33(46)35(48)41-23-29(45)51-39(5,6)22-25-17-13-11-14-18-25)42-34(47)32-30-27(40(30,7)8)24-44(32)36(49)31(26-19-15-12-16-20-26)43-37(50)52-38(2,3)4/h9,11,13-14,17-18,26-28,30-32H,1,10,12,15-16,19-24H2,2-8H3,(H,41,48)(H,42,47)(H,43,50)/t27-,28?,30-,31-,32-/m0/s1. The van der Waals surface area contributed by atoms with Gasteiger partial charge >= 0.3 is 12.1 Å². The zero-order valence-electron chi connectivity index (χ0n) is 31.9. The van der Waals surface area contributed by atoms with Crippen LogP contribution in [0.3, 0.4) is 0 Å². The number of fused-ring (bicyclic) bond motifs is 1. The van der Waals surface area contributed by atoms with Crippen LogP contribution in [0.5, 0.6) is 0 Å². The van der Waals surface area contributed by atoms with Crippen LogP contribution in [0.15, 0.2) is 43.0 Å². The number of rotatable bonds is 15. The highest BCUT2D eigenvalue weighted by atomic mass is 16.6. The number of hydrogen-bond acceptors (Lipinski definition) is 8. The van der Waals surface area contributed by atoms with Gasteiger partial charge in [-0.3, -0.25) is 24.0 Å². The van der Waals surface area contributed by atoms with Crippen LogP contribution < -0.4 is 16.0 Å². The van der Waals surface area contributed by atoms with Gasteiger partial charge in [0.25, 0.3) is 5.91 Å². The molecule has 1 aromatic carbocycles. The van der Waals surface area contributed by atoms with Crippen LogP contribution in [0.1, 0.15) is 99.0 Å². The van der Waals surface area contributed by atoms with Crippen molar-refractivity contribution in [3.05, 3.63) is 48.6 Å². The highest BCUT2D eigenvalue weighted by Gasteiger charge is 2.69. The normalized spacial score (nSPS) is 22.2. The second kappa shape index (κ2) is 16.6. The Morgan fingerprint density at radius 3 is 2.23 bits per heavy atom. The lowest BCUT2D eigenvalue weighted by Gasteiger charge is -2.37. The topological polar surface area (TPSA) is 160 Å². The van der Waals surface area contributed by atoms with E-state index in [1.165, 1.54) is 0 Å². The third kappa shape index (κ3) is 10.4. The van der Waals surface area contributed by atoms with E-state index in [0.717, 1.165) is 37.7 Å². The van der Waals surface area contributed by atoms with Crippen molar-refractivity contribution in [3.63, 3.8) is 0 Å². The van der Waals surface area contributed by atoms with Gasteiger partial charge in [0, 0.05) is 13.0 Å². The number of esters is 1. The summed E-state index contributed by atoms with van der Waals surface area (Å²) in [6, 6.07) is 6.55. The van der Waals surface area contributed by atoms with Gasteiger partial charge in [-0.05, 0) is 89.0 Å². The van der Waals surface area contributed by atoms with Gasteiger partial charge in [-0.15, -0.1) is 6.58 Å². The number of nitrogens with zero attached hydrogens (tertiary/aromatic N) is 1. The highest BCUT2D eigenvalue weighted by molar-refractivity contribution is 6.38. The van der Waals surface area contributed by atoms with E-state index in [4.69, 9.17) is 9.47 Å². The Morgan fingerprint density at radius 1 is 0.962 bits per heavy atom. The molecule has 12 nitrogen and oxygen atoms in total. The van der Waals surface area contributed by atoms with Gasteiger partial charge in [0.2, 0.25) is 17.6 Å². The molecule has 1 saturated heterocycles. The highest BCUT2D eigenvalue weighted by Crippen LogP contribution is 2.65. The maximum absolute atomic E-state index is 14.4. The average molecular weight is 723 g/mol. The molecule has 1 unspecified atom stereocenters. The zero-order chi connectivity index (χ0) is 38.4. The first-order valence-corrected chi connectivity index (χ1v) is 18.6. The average Bonchev–Trinajstić information content (AvgIpc) is 3.37. The number of amides is 4. The molecule has 3 N–H and O–H groups in total.